The Kier molecular flexibility index (Phi) is 4.57. The molecule has 1 atom stereocenters. The van der Waals surface area contributed by atoms with Gasteiger partial charge >= 0.3 is 0 Å². The van der Waals surface area contributed by atoms with E-state index in [2.05, 4.69) is 20.9 Å². The van der Waals surface area contributed by atoms with E-state index in [1.807, 2.05) is 6.92 Å². The number of carbonyl (C=O) groups is 3. The lowest BCUT2D eigenvalue weighted by atomic mass is 10.1. The van der Waals surface area contributed by atoms with Crippen LogP contribution in [0.3, 0.4) is 0 Å². The summed E-state index contributed by atoms with van der Waals surface area (Å²) in [6.07, 6.45) is 1.99. The summed E-state index contributed by atoms with van der Waals surface area (Å²) in [4.78, 5) is 41.4. The second-order valence-corrected chi connectivity index (χ2v) is 6.66. The smallest absolute Gasteiger partial charge is 0.254 e. The van der Waals surface area contributed by atoms with Crippen LogP contribution in [-0.4, -0.2) is 28.7 Å². The summed E-state index contributed by atoms with van der Waals surface area (Å²) in [5.41, 5.74) is 0.890. The van der Waals surface area contributed by atoms with Gasteiger partial charge in [-0.2, -0.15) is 0 Å². The lowest BCUT2D eigenvalue weighted by molar-refractivity contribution is -0.118. The molecular weight excluding hydrogens is 328 g/mol. The van der Waals surface area contributed by atoms with E-state index in [9.17, 15) is 14.4 Å². The van der Waals surface area contributed by atoms with Crippen LogP contribution in [-0.2, 0) is 9.59 Å². The van der Waals surface area contributed by atoms with E-state index in [1.54, 1.807) is 30.5 Å². The van der Waals surface area contributed by atoms with Crippen molar-refractivity contribution in [2.45, 2.75) is 25.8 Å². The molecule has 3 N–H and O–H groups in total. The minimum atomic E-state index is -0.756. The fraction of sp³-hybridized carbons (Fsp3) is 0.250. The minimum absolute atomic E-state index is 0.105. The Hall–Kier alpha value is -2.74. The topological polar surface area (TPSA) is 100 Å². The van der Waals surface area contributed by atoms with Crippen LogP contribution in [0.2, 0.25) is 0 Å². The van der Waals surface area contributed by atoms with E-state index in [0.29, 0.717) is 16.4 Å². The van der Waals surface area contributed by atoms with Gasteiger partial charge in [0.25, 0.3) is 5.91 Å². The summed E-state index contributed by atoms with van der Waals surface area (Å²) in [6, 6.07) is 6.04. The van der Waals surface area contributed by atoms with Crippen molar-refractivity contribution in [1.82, 2.24) is 10.3 Å². The van der Waals surface area contributed by atoms with Crippen LogP contribution in [0.4, 0.5) is 10.8 Å². The van der Waals surface area contributed by atoms with Crippen molar-refractivity contribution in [2.75, 3.05) is 10.6 Å². The summed E-state index contributed by atoms with van der Waals surface area (Å²) in [5.74, 6) is -0.899. The predicted octanol–water partition coefficient (Wildman–Crippen LogP) is 1.92. The van der Waals surface area contributed by atoms with Gasteiger partial charge in [-0.15, -0.1) is 11.3 Å². The molecule has 7 nitrogen and oxygen atoms in total. The van der Waals surface area contributed by atoms with Crippen molar-refractivity contribution in [2.24, 2.45) is 0 Å². The van der Waals surface area contributed by atoms with Gasteiger partial charge in [0.05, 0.1) is 11.3 Å². The van der Waals surface area contributed by atoms with E-state index >= 15 is 0 Å². The van der Waals surface area contributed by atoms with Crippen LogP contribution in [0.1, 0.15) is 28.1 Å². The van der Waals surface area contributed by atoms with Gasteiger partial charge in [-0.25, -0.2) is 4.98 Å². The highest BCUT2D eigenvalue weighted by Crippen LogP contribution is 2.20. The lowest BCUT2D eigenvalue weighted by Gasteiger charge is -2.13. The highest BCUT2D eigenvalue weighted by Gasteiger charge is 2.27. The first-order chi connectivity index (χ1) is 11.5. The Morgan fingerprint density at radius 1 is 1.33 bits per heavy atom. The van der Waals surface area contributed by atoms with Crippen molar-refractivity contribution >= 4 is 39.9 Å². The number of benzene rings is 1. The van der Waals surface area contributed by atoms with Crippen molar-refractivity contribution in [3.8, 4) is 0 Å². The summed E-state index contributed by atoms with van der Waals surface area (Å²) in [6.45, 7) is 1.90. The fourth-order valence-corrected chi connectivity index (χ4v) is 3.07. The van der Waals surface area contributed by atoms with Crippen LogP contribution in [0, 0.1) is 6.92 Å². The first-order valence-corrected chi connectivity index (χ1v) is 8.27. The zero-order valence-corrected chi connectivity index (χ0v) is 13.8. The highest BCUT2D eigenvalue weighted by molar-refractivity contribution is 7.15. The van der Waals surface area contributed by atoms with Gasteiger partial charge in [0.15, 0.2) is 5.13 Å². The molecule has 3 amide bonds. The molecule has 0 saturated heterocycles. The molecule has 1 aliphatic heterocycles. The molecule has 0 saturated carbocycles. The second-order valence-electron chi connectivity index (χ2n) is 5.42. The molecule has 2 aromatic rings. The molecule has 3 rings (SSSR count). The molecule has 1 aliphatic rings. The number of aryl methyl sites for hydroxylation is 1. The molecule has 0 spiro atoms. The summed E-state index contributed by atoms with van der Waals surface area (Å²) >= 11 is 1.38. The zero-order chi connectivity index (χ0) is 17.1. The molecule has 2 heterocycles. The quantitative estimate of drug-likeness (QED) is 0.789. The van der Waals surface area contributed by atoms with Crippen LogP contribution in [0.15, 0.2) is 30.5 Å². The molecule has 0 fully saturated rings. The number of hydrogen-bond acceptors (Lipinski definition) is 5. The molecule has 24 heavy (non-hydrogen) atoms. The predicted molar refractivity (Wildman–Crippen MR) is 91.0 cm³/mol. The number of aromatic nitrogens is 1. The molecule has 0 aliphatic carbocycles. The maximum absolute atomic E-state index is 12.2. The van der Waals surface area contributed by atoms with Gasteiger partial charge in [-0.1, -0.05) is 12.1 Å². The van der Waals surface area contributed by atoms with E-state index in [1.165, 1.54) is 11.3 Å². The van der Waals surface area contributed by atoms with Gasteiger partial charge in [0.2, 0.25) is 11.8 Å². The first kappa shape index (κ1) is 16.1. The lowest BCUT2D eigenvalue weighted by Crippen LogP contribution is -2.41. The number of thiazole rings is 1. The number of carbonyl (C=O) groups excluding carboxylic acids is 3. The number of rotatable bonds is 4. The fourth-order valence-electron chi connectivity index (χ4n) is 2.38. The highest BCUT2D eigenvalue weighted by atomic mass is 32.1. The number of hydrogen-bond donors (Lipinski definition) is 3. The summed E-state index contributed by atoms with van der Waals surface area (Å²) in [7, 11) is 0. The van der Waals surface area contributed by atoms with Crippen LogP contribution >= 0.6 is 11.3 Å². The SMILES string of the molecule is Cc1cnc(NC(=O)CC[C@@H]2NC(=O)c3ccccc3NC2=O)s1. The van der Waals surface area contributed by atoms with Gasteiger partial charge in [0.1, 0.15) is 6.04 Å². The summed E-state index contributed by atoms with van der Waals surface area (Å²) < 4.78 is 0. The Morgan fingerprint density at radius 2 is 2.12 bits per heavy atom. The van der Waals surface area contributed by atoms with Crippen molar-refractivity contribution in [3.05, 3.63) is 40.9 Å². The van der Waals surface area contributed by atoms with E-state index < -0.39 is 6.04 Å². The number of nitrogens with zero attached hydrogens (tertiary/aromatic N) is 1. The Morgan fingerprint density at radius 3 is 2.88 bits per heavy atom. The van der Waals surface area contributed by atoms with Crippen molar-refractivity contribution < 1.29 is 14.4 Å². The van der Waals surface area contributed by atoms with Gasteiger partial charge < -0.3 is 16.0 Å². The number of fused-ring (bicyclic) bond motifs is 1. The Balaban J connectivity index is 1.60. The standard InChI is InChI=1S/C16H16N4O3S/c1-9-8-17-16(24-9)20-13(21)7-6-12-15(23)18-11-5-3-2-4-10(11)14(22)19-12/h2-5,8,12H,6-7H2,1H3,(H,18,23)(H,19,22)(H,17,20,21)/t12-/m0/s1. The van der Waals surface area contributed by atoms with Gasteiger partial charge in [0, 0.05) is 17.5 Å². The maximum atomic E-state index is 12.2. The van der Waals surface area contributed by atoms with E-state index in [-0.39, 0.29) is 30.6 Å². The monoisotopic (exact) mass is 344 g/mol. The molecule has 0 unspecified atom stereocenters. The zero-order valence-electron chi connectivity index (χ0n) is 13.0. The molecule has 0 radical (unpaired) electrons. The Bertz CT molecular complexity index is 802. The second kappa shape index (κ2) is 6.79. The average Bonchev–Trinajstić information content (AvgIpc) is 2.91. The van der Waals surface area contributed by atoms with E-state index in [4.69, 9.17) is 0 Å². The normalized spacial score (nSPS) is 16.6. The van der Waals surface area contributed by atoms with E-state index in [0.717, 1.165) is 4.88 Å². The first-order valence-electron chi connectivity index (χ1n) is 7.46. The van der Waals surface area contributed by atoms with Crippen LogP contribution in [0.5, 0.6) is 0 Å². The average molecular weight is 344 g/mol. The van der Waals surface area contributed by atoms with Crippen LogP contribution < -0.4 is 16.0 Å². The minimum Gasteiger partial charge on any atom is -0.340 e. The number of anilines is 2. The molecule has 1 aromatic carbocycles. The maximum Gasteiger partial charge on any atom is 0.254 e. The Labute approximate surface area is 142 Å². The van der Waals surface area contributed by atoms with Crippen molar-refractivity contribution in [3.63, 3.8) is 0 Å². The third kappa shape index (κ3) is 3.60. The molecule has 124 valence electrons. The molecule has 0 bridgehead atoms. The van der Waals surface area contributed by atoms with Gasteiger partial charge in [-0.05, 0) is 25.5 Å². The molecular formula is C16H16N4O3S. The third-order valence-electron chi connectivity index (χ3n) is 3.58. The number of amides is 3. The number of nitrogens with one attached hydrogen (secondary N) is 3. The molecule has 8 heteroatoms. The van der Waals surface area contributed by atoms with Crippen molar-refractivity contribution in [1.29, 1.82) is 0 Å². The summed E-state index contributed by atoms with van der Waals surface area (Å²) in [5, 5.41) is 8.59. The number of para-hydroxylation sites is 1. The van der Waals surface area contributed by atoms with Gasteiger partial charge in [-0.3, -0.25) is 14.4 Å². The molecule has 1 aromatic heterocycles. The van der Waals surface area contributed by atoms with Crippen LogP contribution in [0.25, 0.3) is 0 Å². The largest absolute Gasteiger partial charge is 0.340 e. The third-order valence-corrected chi connectivity index (χ3v) is 4.41.